The summed E-state index contributed by atoms with van der Waals surface area (Å²) < 4.78 is 39.9. The summed E-state index contributed by atoms with van der Waals surface area (Å²) in [7, 11) is -3.36. The Hall–Kier alpha value is -2.92. The molecule has 0 unspecified atom stereocenters. The fourth-order valence-electron chi connectivity index (χ4n) is 4.18. The average Bonchev–Trinajstić information content (AvgIpc) is 2.82. The molecule has 0 atom stereocenters. The third-order valence-electron chi connectivity index (χ3n) is 5.50. The van der Waals surface area contributed by atoms with Gasteiger partial charge in [0.05, 0.1) is 6.26 Å². The Morgan fingerprint density at radius 2 is 1.60 bits per heavy atom. The average molecular weight is 422 g/mol. The minimum absolute atomic E-state index is 0.229. The van der Waals surface area contributed by atoms with Crippen LogP contribution in [0.15, 0.2) is 60.7 Å². The number of hydrogen-bond donors (Lipinski definition) is 1. The molecule has 0 radical (unpaired) electrons. The molecule has 0 fully saturated rings. The number of halogens is 1. The third-order valence-corrected chi connectivity index (χ3v) is 6.11. The Morgan fingerprint density at radius 3 is 2.30 bits per heavy atom. The predicted molar refractivity (Wildman–Crippen MR) is 121 cm³/mol. The first-order valence-electron chi connectivity index (χ1n) is 9.89. The van der Waals surface area contributed by atoms with E-state index in [1.54, 1.807) is 12.1 Å². The number of rotatable bonds is 3. The Kier molecular flexibility index (Phi) is 5.24. The van der Waals surface area contributed by atoms with E-state index < -0.39 is 10.0 Å². The fourth-order valence-corrected chi connectivity index (χ4v) is 4.73. The van der Waals surface area contributed by atoms with Gasteiger partial charge in [0.25, 0.3) is 0 Å². The van der Waals surface area contributed by atoms with Gasteiger partial charge in [0.15, 0.2) is 0 Å². The van der Waals surface area contributed by atoms with Crippen molar-refractivity contribution in [3.8, 4) is 0 Å². The first-order chi connectivity index (χ1) is 14.2. The number of aryl methyl sites for hydroxylation is 3. The lowest BCUT2D eigenvalue weighted by Crippen LogP contribution is -2.09. The van der Waals surface area contributed by atoms with Crippen molar-refractivity contribution >= 4 is 26.9 Å². The summed E-state index contributed by atoms with van der Waals surface area (Å²) in [6, 6.07) is 18.8. The van der Waals surface area contributed by atoms with Crippen LogP contribution in [-0.4, -0.2) is 14.7 Å². The highest BCUT2D eigenvalue weighted by molar-refractivity contribution is 7.92. The van der Waals surface area contributed by atoms with Gasteiger partial charge in [-0.05, 0) is 89.9 Å². The van der Waals surface area contributed by atoms with Crippen LogP contribution in [0, 0.1) is 12.7 Å². The van der Waals surface area contributed by atoms with Crippen molar-refractivity contribution in [2.75, 3.05) is 11.0 Å². The van der Waals surface area contributed by atoms with Gasteiger partial charge in [-0.25, -0.2) is 12.8 Å². The second kappa shape index (κ2) is 7.73. The van der Waals surface area contributed by atoms with Gasteiger partial charge in [0, 0.05) is 5.69 Å². The van der Waals surface area contributed by atoms with Crippen LogP contribution in [0.25, 0.3) is 11.1 Å². The Bertz CT molecular complexity index is 1220. The molecule has 0 saturated heterocycles. The molecule has 0 amide bonds. The van der Waals surface area contributed by atoms with E-state index in [1.807, 2.05) is 31.2 Å². The van der Waals surface area contributed by atoms with E-state index >= 15 is 0 Å². The Morgan fingerprint density at radius 1 is 0.933 bits per heavy atom. The molecule has 3 aromatic carbocycles. The van der Waals surface area contributed by atoms with Gasteiger partial charge in [0.1, 0.15) is 5.82 Å². The number of sulfonamides is 1. The van der Waals surface area contributed by atoms with Crippen LogP contribution < -0.4 is 4.72 Å². The van der Waals surface area contributed by atoms with E-state index in [-0.39, 0.29) is 5.82 Å². The molecule has 0 bridgehead atoms. The lowest BCUT2D eigenvalue weighted by molar-refractivity contribution is 0.607. The molecule has 0 saturated carbocycles. The molecule has 3 aromatic rings. The quantitative estimate of drug-likeness (QED) is 0.600. The summed E-state index contributed by atoms with van der Waals surface area (Å²) in [5.41, 5.74) is 9.12. The maximum Gasteiger partial charge on any atom is 0.229 e. The Balaban J connectivity index is 1.96. The highest BCUT2D eigenvalue weighted by Crippen LogP contribution is 2.39. The van der Waals surface area contributed by atoms with Crippen molar-refractivity contribution in [2.45, 2.75) is 26.7 Å². The lowest BCUT2D eigenvalue weighted by atomic mass is 9.87. The first kappa shape index (κ1) is 20.4. The van der Waals surface area contributed by atoms with Gasteiger partial charge >= 0.3 is 0 Å². The minimum Gasteiger partial charge on any atom is -0.284 e. The molecular weight excluding hydrogens is 397 g/mol. The highest BCUT2D eigenvalue weighted by atomic mass is 32.2. The van der Waals surface area contributed by atoms with E-state index in [4.69, 9.17) is 0 Å². The lowest BCUT2D eigenvalue weighted by Gasteiger charge is -2.17. The van der Waals surface area contributed by atoms with Crippen LogP contribution in [-0.2, 0) is 22.9 Å². The van der Waals surface area contributed by atoms with Crippen LogP contribution in [0.3, 0.4) is 0 Å². The van der Waals surface area contributed by atoms with E-state index in [9.17, 15) is 12.8 Å². The van der Waals surface area contributed by atoms with Crippen molar-refractivity contribution in [2.24, 2.45) is 0 Å². The van der Waals surface area contributed by atoms with Crippen molar-refractivity contribution < 1.29 is 12.8 Å². The maximum absolute atomic E-state index is 14.0. The smallest absolute Gasteiger partial charge is 0.229 e. The van der Waals surface area contributed by atoms with E-state index in [1.165, 1.54) is 17.2 Å². The highest BCUT2D eigenvalue weighted by Gasteiger charge is 2.21. The number of anilines is 1. The monoisotopic (exact) mass is 421 g/mol. The van der Waals surface area contributed by atoms with Crippen molar-refractivity contribution in [1.29, 1.82) is 0 Å². The van der Waals surface area contributed by atoms with Crippen LogP contribution in [0.2, 0.25) is 0 Å². The SMILES string of the molecule is CC(=C1c2ccc(C)cc2CCc2cc(F)ccc21)c1cccc(NS(C)(=O)=O)c1. The number of nitrogens with one attached hydrogen (secondary N) is 1. The fraction of sp³-hybridized carbons (Fsp3) is 0.200. The third kappa shape index (κ3) is 4.17. The van der Waals surface area contributed by atoms with E-state index in [0.717, 1.165) is 52.5 Å². The summed E-state index contributed by atoms with van der Waals surface area (Å²) in [6.07, 6.45) is 2.76. The molecule has 4 rings (SSSR count). The summed E-state index contributed by atoms with van der Waals surface area (Å²) in [6.45, 7) is 4.12. The van der Waals surface area contributed by atoms with Crippen molar-refractivity contribution in [3.63, 3.8) is 0 Å². The molecule has 0 heterocycles. The molecule has 154 valence electrons. The molecule has 3 nitrogen and oxygen atoms in total. The normalized spacial score (nSPS) is 15.1. The zero-order valence-corrected chi connectivity index (χ0v) is 18.1. The second-order valence-electron chi connectivity index (χ2n) is 7.92. The second-order valence-corrected chi connectivity index (χ2v) is 9.67. The van der Waals surface area contributed by atoms with Crippen LogP contribution in [0.1, 0.15) is 40.3 Å². The summed E-state index contributed by atoms with van der Waals surface area (Å²) in [5.74, 6) is -0.229. The molecule has 0 aliphatic heterocycles. The summed E-state index contributed by atoms with van der Waals surface area (Å²) in [4.78, 5) is 0. The van der Waals surface area contributed by atoms with E-state index in [2.05, 4.69) is 29.8 Å². The number of fused-ring (bicyclic) bond motifs is 2. The van der Waals surface area contributed by atoms with Gasteiger partial charge < -0.3 is 0 Å². The number of hydrogen-bond acceptors (Lipinski definition) is 2. The molecule has 1 aliphatic carbocycles. The van der Waals surface area contributed by atoms with Gasteiger partial charge in [-0.15, -0.1) is 0 Å². The molecule has 1 aliphatic rings. The van der Waals surface area contributed by atoms with Gasteiger partial charge in [-0.2, -0.15) is 0 Å². The number of benzene rings is 3. The predicted octanol–water partition coefficient (Wildman–Crippen LogP) is 5.58. The van der Waals surface area contributed by atoms with Gasteiger partial charge in [-0.3, -0.25) is 4.72 Å². The van der Waals surface area contributed by atoms with Crippen LogP contribution >= 0.6 is 0 Å². The van der Waals surface area contributed by atoms with Crippen molar-refractivity contribution in [3.05, 3.63) is 99.9 Å². The minimum atomic E-state index is -3.36. The molecule has 30 heavy (non-hydrogen) atoms. The largest absolute Gasteiger partial charge is 0.284 e. The molecule has 0 aromatic heterocycles. The Labute approximate surface area is 177 Å². The van der Waals surface area contributed by atoms with E-state index in [0.29, 0.717) is 5.69 Å². The molecule has 5 heteroatoms. The van der Waals surface area contributed by atoms with Crippen LogP contribution in [0.4, 0.5) is 10.1 Å². The summed E-state index contributed by atoms with van der Waals surface area (Å²) >= 11 is 0. The maximum atomic E-state index is 14.0. The number of allylic oxidation sites excluding steroid dienone is 1. The molecular formula is C25H24FNO2S. The first-order valence-corrected chi connectivity index (χ1v) is 11.8. The zero-order valence-electron chi connectivity index (χ0n) is 17.3. The summed E-state index contributed by atoms with van der Waals surface area (Å²) in [5, 5.41) is 0. The molecule has 0 spiro atoms. The van der Waals surface area contributed by atoms with Crippen LogP contribution in [0.5, 0.6) is 0 Å². The van der Waals surface area contributed by atoms with Crippen molar-refractivity contribution in [1.82, 2.24) is 0 Å². The zero-order chi connectivity index (χ0) is 21.5. The van der Waals surface area contributed by atoms with Gasteiger partial charge in [0.2, 0.25) is 10.0 Å². The topological polar surface area (TPSA) is 46.2 Å². The molecule has 1 N–H and O–H groups in total. The van der Waals surface area contributed by atoms with Gasteiger partial charge in [-0.1, -0.05) is 42.0 Å². The standard InChI is InChI=1S/C25H24FNO2S/c1-16-7-11-23-19(13-16)8-9-20-14-21(26)10-12-24(20)25(23)17(2)18-5-4-6-22(15-18)27-30(3,28)29/h4-7,10-15,27H,8-9H2,1-3H3.